The highest BCUT2D eigenvalue weighted by Crippen LogP contribution is 2.62. The molecule has 0 bridgehead atoms. The molecule has 0 spiro atoms. The van der Waals surface area contributed by atoms with Gasteiger partial charge in [0.05, 0.1) is 4.88 Å². The van der Waals surface area contributed by atoms with Crippen molar-refractivity contribution in [2.75, 3.05) is 4.90 Å². The normalized spacial score (nSPS) is 12.8. The van der Waals surface area contributed by atoms with E-state index in [1.54, 1.807) is 22.5 Å². The van der Waals surface area contributed by atoms with Gasteiger partial charge in [-0.15, -0.1) is 45.3 Å². The summed E-state index contributed by atoms with van der Waals surface area (Å²) >= 11 is 7.47. The average Bonchev–Trinajstić information content (AvgIpc) is 4.11. The van der Waals surface area contributed by atoms with Gasteiger partial charge in [0.25, 0.3) is 0 Å². The fourth-order valence-electron chi connectivity index (χ4n) is 8.84. The molecule has 4 aromatic heterocycles. The van der Waals surface area contributed by atoms with E-state index in [1.165, 1.54) is 130 Å². The van der Waals surface area contributed by atoms with Crippen molar-refractivity contribution < 1.29 is 4.79 Å². The molecule has 1 aliphatic rings. The molecule has 0 saturated carbocycles. The van der Waals surface area contributed by atoms with Gasteiger partial charge in [-0.3, -0.25) is 4.79 Å². The Hall–Kier alpha value is -4.07. The van der Waals surface area contributed by atoms with Gasteiger partial charge < -0.3 is 4.90 Å². The van der Waals surface area contributed by atoms with Crippen molar-refractivity contribution in [1.29, 1.82) is 0 Å². The van der Waals surface area contributed by atoms with E-state index in [2.05, 4.69) is 134 Å². The third-order valence-electron chi connectivity index (χ3n) is 11.9. The Morgan fingerprint density at radius 1 is 0.466 bits per heavy atom. The lowest BCUT2D eigenvalue weighted by molar-refractivity contribution is 0.112. The maximum absolute atomic E-state index is 11.5. The van der Waals surface area contributed by atoms with Crippen molar-refractivity contribution in [1.82, 2.24) is 0 Å². The van der Waals surface area contributed by atoms with E-state index >= 15 is 0 Å². The first-order valence-electron chi connectivity index (χ1n) is 21.6. The molecule has 6 heteroatoms. The molecule has 298 valence electrons. The Morgan fingerprint density at radius 3 is 1.48 bits per heavy atom. The number of rotatable bonds is 21. The second kappa shape index (κ2) is 19.3. The standard InChI is InChI=1S/C52H55NOS4/c1-3-5-7-9-11-19-33-52(34-20-12-10-8-6-4-2)43-35-48(38-25-27-41(28-26-38)53(39-21-15-13-16-22-39)40-23-17-14-18-24-40)57-50(43)51-44(52)36-49(58-51)47-32-31-46(56-47)45-30-29-42(37-54)55-45/h13-18,21-32,35-37H,3-12,19-20,33-34H2,1-2H3. The van der Waals surface area contributed by atoms with Gasteiger partial charge in [-0.05, 0) is 102 Å². The largest absolute Gasteiger partial charge is 0.311 e. The van der Waals surface area contributed by atoms with Crippen molar-refractivity contribution in [3.8, 4) is 39.7 Å². The summed E-state index contributed by atoms with van der Waals surface area (Å²) in [5.41, 5.74) is 8.01. The molecule has 0 amide bonds. The summed E-state index contributed by atoms with van der Waals surface area (Å²) in [6, 6.07) is 44.5. The summed E-state index contributed by atoms with van der Waals surface area (Å²) in [5, 5.41) is 0. The summed E-state index contributed by atoms with van der Waals surface area (Å²) in [7, 11) is 0. The van der Waals surface area contributed by atoms with Crippen LogP contribution < -0.4 is 4.90 Å². The minimum atomic E-state index is 0.0493. The highest BCUT2D eigenvalue weighted by molar-refractivity contribution is 7.29. The maximum atomic E-state index is 11.5. The number of hydrogen-bond acceptors (Lipinski definition) is 6. The number of carbonyl (C=O) groups excluding carboxylic acids is 1. The van der Waals surface area contributed by atoms with E-state index in [0.29, 0.717) is 0 Å². The quantitative estimate of drug-likeness (QED) is 0.0531. The number of aldehydes is 1. The monoisotopic (exact) mass is 837 g/mol. The second-order valence-corrected chi connectivity index (χ2v) is 20.2. The first kappa shape index (κ1) is 40.7. The number of nitrogens with zero attached hydrogens (tertiary/aromatic N) is 1. The topological polar surface area (TPSA) is 20.3 Å². The van der Waals surface area contributed by atoms with E-state index in [9.17, 15) is 4.79 Å². The smallest absolute Gasteiger partial charge is 0.160 e. The second-order valence-electron chi connectivity index (χ2n) is 15.9. The van der Waals surface area contributed by atoms with E-state index in [4.69, 9.17) is 0 Å². The Labute approximate surface area is 362 Å². The van der Waals surface area contributed by atoms with Crippen LogP contribution in [0.2, 0.25) is 0 Å². The Morgan fingerprint density at radius 2 is 0.931 bits per heavy atom. The van der Waals surface area contributed by atoms with Crippen LogP contribution in [0.1, 0.15) is 125 Å². The summed E-state index contributed by atoms with van der Waals surface area (Å²) in [6.45, 7) is 4.63. The molecule has 58 heavy (non-hydrogen) atoms. The predicted molar refractivity (Wildman–Crippen MR) is 257 cm³/mol. The van der Waals surface area contributed by atoms with Gasteiger partial charge in [-0.1, -0.05) is 139 Å². The van der Waals surface area contributed by atoms with Crippen molar-refractivity contribution in [2.45, 2.75) is 109 Å². The van der Waals surface area contributed by atoms with Gasteiger partial charge >= 0.3 is 0 Å². The lowest BCUT2D eigenvalue weighted by Crippen LogP contribution is -2.25. The highest BCUT2D eigenvalue weighted by atomic mass is 32.1. The van der Waals surface area contributed by atoms with E-state index in [0.717, 1.165) is 28.2 Å². The Balaban J connectivity index is 1.16. The molecular weight excluding hydrogens is 783 g/mol. The zero-order valence-electron chi connectivity index (χ0n) is 34.0. The van der Waals surface area contributed by atoms with Crippen LogP contribution in [0.4, 0.5) is 17.1 Å². The van der Waals surface area contributed by atoms with Gasteiger partial charge in [0, 0.05) is 56.6 Å². The number of fused-ring (bicyclic) bond motifs is 3. The summed E-state index contributed by atoms with van der Waals surface area (Å²) in [6.07, 6.45) is 19.2. The van der Waals surface area contributed by atoms with Gasteiger partial charge in [0.15, 0.2) is 6.29 Å². The lowest BCUT2D eigenvalue weighted by atomic mass is 9.71. The summed E-state index contributed by atoms with van der Waals surface area (Å²) < 4.78 is 0. The van der Waals surface area contributed by atoms with Crippen LogP contribution in [0.3, 0.4) is 0 Å². The molecule has 0 aliphatic heterocycles. The molecule has 0 N–H and O–H groups in total. The zero-order chi connectivity index (χ0) is 39.7. The predicted octanol–water partition coefficient (Wildman–Crippen LogP) is 18.0. The maximum Gasteiger partial charge on any atom is 0.160 e. The number of hydrogen-bond donors (Lipinski definition) is 0. The van der Waals surface area contributed by atoms with Crippen LogP contribution in [0.5, 0.6) is 0 Å². The molecule has 3 aromatic carbocycles. The SMILES string of the molecule is CCCCCCCCC1(CCCCCCCC)c2cc(-c3ccc(N(c4ccccc4)c4ccccc4)cc3)sc2-c2sc(-c3ccc(-c4ccc(C=O)s4)s3)cc21. The third kappa shape index (κ3) is 8.77. The number of benzene rings is 3. The molecule has 0 fully saturated rings. The van der Waals surface area contributed by atoms with Gasteiger partial charge in [-0.2, -0.15) is 0 Å². The molecule has 2 nitrogen and oxygen atoms in total. The van der Waals surface area contributed by atoms with Gasteiger partial charge in [0.2, 0.25) is 0 Å². The van der Waals surface area contributed by atoms with Crippen LogP contribution in [-0.4, -0.2) is 6.29 Å². The molecule has 8 rings (SSSR count). The first-order valence-corrected chi connectivity index (χ1v) is 24.8. The minimum Gasteiger partial charge on any atom is -0.311 e. The van der Waals surface area contributed by atoms with Crippen molar-refractivity contribution in [3.63, 3.8) is 0 Å². The van der Waals surface area contributed by atoms with Crippen LogP contribution in [-0.2, 0) is 5.41 Å². The molecule has 0 radical (unpaired) electrons. The molecular formula is C52H55NOS4. The fraction of sp³-hybridized carbons (Fsp3) is 0.327. The third-order valence-corrected chi connectivity index (χ3v) is 16.9. The average molecular weight is 838 g/mol. The molecule has 1 aliphatic carbocycles. The molecule has 0 atom stereocenters. The van der Waals surface area contributed by atoms with Crippen molar-refractivity contribution in [2.24, 2.45) is 0 Å². The van der Waals surface area contributed by atoms with Crippen LogP contribution >= 0.6 is 45.3 Å². The highest BCUT2D eigenvalue weighted by Gasteiger charge is 2.45. The summed E-state index contributed by atoms with van der Waals surface area (Å²) in [4.78, 5) is 24.1. The van der Waals surface area contributed by atoms with E-state index in [1.807, 2.05) is 40.1 Å². The first-order chi connectivity index (χ1) is 28.6. The van der Waals surface area contributed by atoms with Crippen LogP contribution in [0.25, 0.3) is 39.7 Å². The van der Waals surface area contributed by atoms with Gasteiger partial charge in [0.1, 0.15) is 0 Å². The number of thiophene rings is 4. The number of carbonyl (C=O) groups is 1. The number of anilines is 3. The fourth-order valence-corrected chi connectivity index (χ4v) is 13.5. The molecule has 4 heterocycles. The molecule has 7 aromatic rings. The van der Waals surface area contributed by atoms with E-state index < -0.39 is 0 Å². The minimum absolute atomic E-state index is 0.0493. The van der Waals surface area contributed by atoms with Crippen molar-refractivity contribution >= 4 is 68.7 Å². The molecule has 0 unspecified atom stereocenters. The molecule has 0 saturated heterocycles. The van der Waals surface area contributed by atoms with Crippen molar-refractivity contribution in [3.05, 3.63) is 137 Å². The zero-order valence-corrected chi connectivity index (χ0v) is 37.3. The van der Waals surface area contributed by atoms with Crippen LogP contribution in [0.15, 0.2) is 121 Å². The summed E-state index contributed by atoms with van der Waals surface area (Å²) in [5.74, 6) is 0. The Bertz CT molecular complexity index is 2310. The lowest BCUT2D eigenvalue weighted by Gasteiger charge is -2.31. The number of para-hydroxylation sites is 2. The Kier molecular flexibility index (Phi) is 13.6. The van der Waals surface area contributed by atoms with Crippen LogP contribution in [0, 0.1) is 0 Å². The van der Waals surface area contributed by atoms with Gasteiger partial charge in [-0.25, -0.2) is 0 Å². The number of unbranched alkanes of at least 4 members (excludes halogenated alkanes) is 10. The van der Waals surface area contributed by atoms with E-state index in [-0.39, 0.29) is 5.41 Å².